The highest BCUT2D eigenvalue weighted by Gasteiger charge is 2.19. The molecule has 0 spiro atoms. The molecule has 0 bridgehead atoms. The van der Waals surface area contributed by atoms with Crippen molar-refractivity contribution in [1.29, 1.82) is 0 Å². The van der Waals surface area contributed by atoms with Crippen LogP contribution in [-0.4, -0.2) is 47.4 Å². The third-order valence-electron chi connectivity index (χ3n) is 3.87. The summed E-state index contributed by atoms with van der Waals surface area (Å²) in [5, 5.41) is 16.2. The van der Waals surface area contributed by atoms with Gasteiger partial charge in [-0.1, -0.05) is 30.3 Å². The number of hydrogen-bond acceptors (Lipinski definition) is 5. The van der Waals surface area contributed by atoms with Gasteiger partial charge in [0.1, 0.15) is 5.71 Å². The zero-order chi connectivity index (χ0) is 16.7. The van der Waals surface area contributed by atoms with Gasteiger partial charge in [0.2, 0.25) is 0 Å². The predicted molar refractivity (Wildman–Crippen MR) is 90.9 cm³/mol. The Hall–Kier alpha value is -2.18. The Bertz CT molecular complexity index is 598. The number of amides is 1. The van der Waals surface area contributed by atoms with Crippen molar-refractivity contribution in [2.45, 2.75) is 26.0 Å². The first-order valence-corrected chi connectivity index (χ1v) is 7.80. The van der Waals surface area contributed by atoms with Gasteiger partial charge in [-0.15, -0.1) is 0 Å². The lowest BCUT2D eigenvalue weighted by atomic mass is 10.00. The van der Waals surface area contributed by atoms with E-state index in [4.69, 9.17) is 5.84 Å². The smallest absolute Gasteiger partial charge is 0.271 e. The van der Waals surface area contributed by atoms with Crippen LogP contribution >= 0.6 is 0 Å². The number of aliphatic hydroxyl groups is 1. The molecule has 1 atom stereocenters. The first-order chi connectivity index (χ1) is 11.1. The van der Waals surface area contributed by atoms with Crippen LogP contribution < -0.4 is 11.2 Å². The number of fused-ring (bicyclic) bond motifs is 1. The molecule has 0 radical (unpaired) electrons. The van der Waals surface area contributed by atoms with Gasteiger partial charge in [-0.2, -0.15) is 5.10 Å². The Labute approximate surface area is 136 Å². The van der Waals surface area contributed by atoms with Crippen molar-refractivity contribution in [1.82, 2.24) is 10.2 Å². The predicted octanol–water partition coefficient (Wildman–Crippen LogP) is 0.413. The molecular weight excluding hydrogens is 292 g/mol. The van der Waals surface area contributed by atoms with Crippen LogP contribution in [0.25, 0.3) is 0 Å². The molecule has 0 aliphatic carbocycles. The first kappa shape index (κ1) is 17.2. The fraction of sp³-hybridized carbons (Fsp3) is 0.412. The molecule has 0 aromatic heterocycles. The summed E-state index contributed by atoms with van der Waals surface area (Å²) in [5.41, 5.74) is 2.83. The number of rotatable bonds is 6. The van der Waals surface area contributed by atoms with Crippen LogP contribution in [-0.2, 0) is 17.8 Å². The fourth-order valence-corrected chi connectivity index (χ4v) is 2.71. The number of nitrogens with one attached hydrogen (secondary N) is 1. The monoisotopic (exact) mass is 316 g/mol. The zero-order valence-electron chi connectivity index (χ0n) is 13.4. The Morgan fingerprint density at radius 3 is 2.91 bits per heavy atom. The van der Waals surface area contributed by atoms with Gasteiger partial charge in [-0.05, 0) is 30.5 Å². The number of hydrogen-bond donors (Lipinski definition) is 3. The van der Waals surface area contributed by atoms with E-state index in [1.807, 2.05) is 6.07 Å². The Balaban J connectivity index is 1.80. The van der Waals surface area contributed by atoms with E-state index in [1.54, 1.807) is 13.0 Å². The second-order valence-corrected chi connectivity index (χ2v) is 5.63. The van der Waals surface area contributed by atoms with Gasteiger partial charge in [0.15, 0.2) is 0 Å². The lowest BCUT2D eigenvalue weighted by Crippen LogP contribution is -2.43. The van der Waals surface area contributed by atoms with E-state index < -0.39 is 6.10 Å². The van der Waals surface area contributed by atoms with Crippen molar-refractivity contribution in [2.75, 3.05) is 19.6 Å². The molecule has 124 valence electrons. The number of β-amino-alcohol motifs (C(OH)–C–C–N with tert-alkyl or cyclic N) is 1. The highest BCUT2D eigenvalue weighted by atomic mass is 16.3. The molecule has 1 amide bonds. The summed E-state index contributed by atoms with van der Waals surface area (Å²) in [7, 11) is 0. The van der Waals surface area contributed by atoms with Gasteiger partial charge in [0.25, 0.3) is 5.91 Å². The average molecular weight is 316 g/mol. The van der Waals surface area contributed by atoms with Crippen LogP contribution in [0.2, 0.25) is 0 Å². The molecule has 6 heteroatoms. The molecule has 1 unspecified atom stereocenters. The number of allylic oxidation sites excluding steroid dienone is 1. The van der Waals surface area contributed by atoms with Crippen molar-refractivity contribution < 1.29 is 9.90 Å². The van der Waals surface area contributed by atoms with Gasteiger partial charge >= 0.3 is 0 Å². The normalized spacial score (nSPS) is 17.0. The molecule has 0 saturated carbocycles. The number of benzene rings is 1. The maximum absolute atomic E-state index is 11.8. The highest BCUT2D eigenvalue weighted by Crippen LogP contribution is 2.18. The summed E-state index contributed by atoms with van der Waals surface area (Å²) in [6.45, 7) is 4.22. The average Bonchev–Trinajstić information content (AvgIpc) is 2.57. The summed E-state index contributed by atoms with van der Waals surface area (Å²) >= 11 is 0. The van der Waals surface area contributed by atoms with Crippen LogP contribution in [0.1, 0.15) is 18.1 Å². The summed E-state index contributed by atoms with van der Waals surface area (Å²) in [4.78, 5) is 14.0. The molecule has 1 aliphatic heterocycles. The molecule has 0 saturated heterocycles. The minimum atomic E-state index is -0.631. The summed E-state index contributed by atoms with van der Waals surface area (Å²) in [6.07, 6.45) is 3.57. The minimum Gasteiger partial charge on any atom is -0.390 e. The van der Waals surface area contributed by atoms with Crippen LogP contribution in [0.5, 0.6) is 0 Å². The second kappa shape index (κ2) is 8.45. The van der Waals surface area contributed by atoms with Gasteiger partial charge in [-0.25, -0.2) is 0 Å². The maximum atomic E-state index is 11.8. The van der Waals surface area contributed by atoms with Crippen LogP contribution in [0, 0.1) is 0 Å². The van der Waals surface area contributed by atoms with E-state index >= 15 is 0 Å². The fourth-order valence-electron chi connectivity index (χ4n) is 2.71. The number of aliphatic hydroxyl groups excluding tert-OH is 1. The molecule has 1 aliphatic rings. The first-order valence-electron chi connectivity index (χ1n) is 7.80. The van der Waals surface area contributed by atoms with E-state index in [9.17, 15) is 9.90 Å². The van der Waals surface area contributed by atoms with Gasteiger partial charge < -0.3 is 16.3 Å². The summed E-state index contributed by atoms with van der Waals surface area (Å²) < 4.78 is 0. The van der Waals surface area contributed by atoms with Gasteiger partial charge in [-0.3, -0.25) is 9.69 Å². The molecule has 23 heavy (non-hydrogen) atoms. The van der Waals surface area contributed by atoms with Crippen molar-refractivity contribution >= 4 is 11.6 Å². The molecule has 2 rings (SSSR count). The van der Waals surface area contributed by atoms with Crippen molar-refractivity contribution in [3.05, 3.63) is 47.5 Å². The van der Waals surface area contributed by atoms with Crippen LogP contribution in [0.15, 0.2) is 41.5 Å². The molecular formula is C17H24N4O2. The van der Waals surface area contributed by atoms with E-state index in [0.717, 1.165) is 19.5 Å². The minimum absolute atomic E-state index is 0.145. The molecule has 1 aromatic rings. The van der Waals surface area contributed by atoms with E-state index in [1.165, 1.54) is 17.2 Å². The van der Waals surface area contributed by atoms with Crippen LogP contribution in [0.4, 0.5) is 0 Å². The number of nitrogens with zero attached hydrogens (tertiary/aromatic N) is 2. The molecule has 6 nitrogen and oxygen atoms in total. The summed E-state index contributed by atoms with van der Waals surface area (Å²) in [6, 6.07) is 8.36. The van der Waals surface area contributed by atoms with Crippen LogP contribution in [0.3, 0.4) is 0 Å². The van der Waals surface area contributed by atoms with E-state index in [2.05, 4.69) is 33.5 Å². The van der Waals surface area contributed by atoms with Crippen molar-refractivity contribution in [3.8, 4) is 0 Å². The molecule has 0 fully saturated rings. The number of carbonyl (C=O) groups excluding carboxylic acids is 1. The number of hydrazone groups is 1. The SMILES string of the molecule is C/C=C\C(=N/N)C(=O)NCC(O)CN1CCc2ccccc2C1. The third kappa shape index (κ3) is 4.91. The second-order valence-electron chi connectivity index (χ2n) is 5.63. The Morgan fingerprint density at radius 2 is 2.22 bits per heavy atom. The van der Waals surface area contributed by atoms with Gasteiger partial charge in [0, 0.05) is 26.2 Å². The highest BCUT2D eigenvalue weighted by molar-refractivity contribution is 6.43. The number of carbonyl (C=O) groups is 1. The van der Waals surface area contributed by atoms with E-state index in [-0.39, 0.29) is 18.2 Å². The number of nitrogens with two attached hydrogens (primary N) is 1. The Morgan fingerprint density at radius 1 is 1.48 bits per heavy atom. The van der Waals surface area contributed by atoms with Crippen molar-refractivity contribution in [3.63, 3.8) is 0 Å². The lowest BCUT2D eigenvalue weighted by molar-refractivity contribution is -0.115. The topological polar surface area (TPSA) is 90.9 Å². The van der Waals surface area contributed by atoms with Gasteiger partial charge in [0.05, 0.1) is 6.10 Å². The maximum Gasteiger partial charge on any atom is 0.271 e. The van der Waals surface area contributed by atoms with Crippen molar-refractivity contribution in [2.24, 2.45) is 10.9 Å². The summed E-state index contributed by atoms with van der Waals surface area (Å²) in [5.74, 6) is 4.79. The lowest BCUT2D eigenvalue weighted by Gasteiger charge is -2.30. The quantitative estimate of drug-likeness (QED) is 0.403. The van der Waals surface area contributed by atoms with E-state index in [0.29, 0.717) is 6.54 Å². The molecule has 1 aromatic carbocycles. The standard InChI is InChI=1S/C17H24N4O2/c1-2-5-16(20-18)17(23)19-10-15(22)12-21-9-8-13-6-3-4-7-14(13)11-21/h2-7,15,22H,8-12,18H2,1H3,(H,19,23)/b5-2-,20-16+. The molecule has 4 N–H and O–H groups in total. The molecule has 1 heterocycles. The third-order valence-corrected chi connectivity index (χ3v) is 3.87. The Kier molecular flexibility index (Phi) is 6.31. The zero-order valence-corrected chi connectivity index (χ0v) is 13.4. The largest absolute Gasteiger partial charge is 0.390 e.